The zero-order valence-corrected chi connectivity index (χ0v) is 17.3. The molecule has 0 aliphatic carbocycles. The highest BCUT2D eigenvalue weighted by molar-refractivity contribution is 5.91. The molecule has 0 N–H and O–H groups in total. The van der Waals surface area contributed by atoms with Crippen LogP contribution in [0.5, 0.6) is 0 Å². The molecule has 1 aromatic heterocycles. The van der Waals surface area contributed by atoms with Crippen LogP contribution < -0.4 is 0 Å². The maximum atomic E-state index is 12.9. The lowest BCUT2D eigenvalue weighted by molar-refractivity contribution is -0.384. The number of nitro benzene ring substituents is 1. The SMILES string of the molecule is Cn1cccc1CN(CCCN1CCOCC1)C(=O)/C=C/c1ccc([N+](=O)[O-])cc1. The summed E-state index contributed by atoms with van der Waals surface area (Å²) < 4.78 is 7.40. The molecule has 0 spiro atoms. The first kappa shape index (κ1) is 21.7. The summed E-state index contributed by atoms with van der Waals surface area (Å²) in [5, 5.41) is 10.8. The number of nitro groups is 1. The molecule has 2 heterocycles. The summed E-state index contributed by atoms with van der Waals surface area (Å²) >= 11 is 0. The first-order valence-corrected chi connectivity index (χ1v) is 10.1. The molecule has 160 valence electrons. The third-order valence-electron chi connectivity index (χ3n) is 5.24. The number of ether oxygens (including phenoxy) is 1. The molecule has 2 aromatic rings. The van der Waals surface area contributed by atoms with E-state index in [-0.39, 0.29) is 11.6 Å². The van der Waals surface area contributed by atoms with E-state index in [2.05, 4.69) is 4.90 Å². The Kier molecular flexibility index (Phi) is 7.75. The van der Waals surface area contributed by atoms with Gasteiger partial charge in [0, 0.05) is 63.3 Å². The summed E-state index contributed by atoms with van der Waals surface area (Å²) in [4.78, 5) is 27.4. The molecule has 30 heavy (non-hydrogen) atoms. The number of benzene rings is 1. The standard InChI is InChI=1S/C22H28N4O4/c1-23-11-2-4-21(23)18-25(13-3-12-24-14-16-30-17-15-24)22(27)10-7-19-5-8-20(9-6-19)26(28)29/h2,4-11H,3,12-18H2,1H3/b10-7+. The molecule has 1 aromatic carbocycles. The van der Waals surface area contributed by atoms with Crippen molar-refractivity contribution in [1.82, 2.24) is 14.4 Å². The maximum Gasteiger partial charge on any atom is 0.269 e. The van der Waals surface area contributed by atoms with Gasteiger partial charge in [0.15, 0.2) is 0 Å². The van der Waals surface area contributed by atoms with Crippen molar-refractivity contribution >= 4 is 17.7 Å². The van der Waals surface area contributed by atoms with E-state index >= 15 is 0 Å². The molecule has 1 aliphatic heterocycles. The molecule has 8 nitrogen and oxygen atoms in total. The van der Waals surface area contributed by atoms with Crippen LogP contribution >= 0.6 is 0 Å². The number of carbonyl (C=O) groups is 1. The Hall–Kier alpha value is -2.97. The van der Waals surface area contributed by atoms with Gasteiger partial charge >= 0.3 is 0 Å². The minimum absolute atomic E-state index is 0.0342. The Bertz CT molecular complexity index is 870. The average Bonchev–Trinajstić information content (AvgIpc) is 3.16. The molecule has 1 fully saturated rings. The number of carbonyl (C=O) groups excluding carboxylic acids is 1. The predicted octanol–water partition coefficient (Wildman–Crippen LogP) is 2.70. The van der Waals surface area contributed by atoms with Gasteiger partial charge in [0.2, 0.25) is 5.91 Å². The number of non-ortho nitro benzene ring substituents is 1. The minimum atomic E-state index is -0.436. The lowest BCUT2D eigenvalue weighted by Crippen LogP contribution is -2.38. The highest BCUT2D eigenvalue weighted by Gasteiger charge is 2.15. The van der Waals surface area contributed by atoms with Gasteiger partial charge in [-0.3, -0.25) is 19.8 Å². The van der Waals surface area contributed by atoms with Crippen molar-refractivity contribution in [3.8, 4) is 0 Å². The van der Waals surface area contributed by atoms with E-state index in [1.807, 2.05) is 34.8 Å². The summed E-state index contributed by atoms with van der Waals surface area (Å²) in [5.74, 6) is -0.0727. The second-order valence-electron chi connectivity index (χ2n) is 7.36. The number of nitrogens with zero attached hydrogens (tertiary/aromatic N) is 4. The number of aromatic nitrogens is 1. The fourth-order valence-corrected chi connectivity index (χ4v) is 3.41. The monoisotopic (exact) mass is 412 g/mol. The molecule has 0 bridgehead atoms. The summed E-state index contributed by atoms with van der Waals surface area (Å²) in [6.07, 6.45) is 6.10. The van der Waals surface area contributed by atoms with Crippen LogP contribution in [0.3, 0.4) is 0 Å². The molecule has 0 radical (unpaired) electrons. The smallest absolute Gasteiger partial charge is 0.269 e. The Balaban J connectivity index is 1.62. The van der Waals surface area contributed by atoms with Crippen LogP contribution in [0.15, 0.2) is 48.7 Å². The second kappa shape index (κ2) is 10.7. The van der Waals surface area contributed by atoms with Crippen molar-refractivity contribution in [1.29, 1.82) is 0 Å². The molecular weight excluding hydrogens is 384 g/mol. The van der Waals surface area contributed by atoms with Gasteiger partial charge in [0.05, 0.1) is 24.7 Å². The number of aryl methyl sites for hydroxylation is 1. The highest BCUT2D eigenvalue weighted by atomic mass is 16.6. The Morgan fingerprint density at radius 2 is 1.97 bits per heavy atom. The van der Waals surface area contributed by atoms with Crippen molar-refractivity contribution < 1.29 is 14.5 Å². The van der Waals surface area contributed by atoms with E-state index in [4.69, 9.17) is 4.74 Å². The van der Waals surface area contributed by atoms with Gasteiger partial charge in [-0.1, -0.05) is 0 Å². The van der Waals surface area contributed by atoms with E-state index in [0.717, 1.165) is 50.5 Å². The van der Waals surface area contributed by atoms with Crippen LogP contribution in [-0.4, -0.2) is 64.6 Å². The van der Waals surface area contributed by atoms with Crippen LogP contribution in [0.4, 0.5) is 5.69 Å². The minimum Gasteiger partial charge on any atom is -0.379 e. The zero-order chi connectivity index (χ0) is 21.3. The fourth-order valence-electron chi connectivity index (χ4n) is 3.41. The topological polar surface area (TPSA) is 80.8 Å². The number of amides is 1. The number of morpholine rings is 1. The number of rotatable bonds is 9. The van der Waals surface area contributed by atoms with Gasteiger partial charge in [0.1, 0.15) is 0 Å². The van der Waals surface area contributed by atoms with Gasteiger partial charge in [-0.15, -0.1) is 0 Å². The second-order valence-corrected chi connectivity index (χ2v) is 7.36. The summed E-state index contributed by atoms with van der Waals surface area (Å²) in [6.45, 7) is 5.54. The highest BCUT2D eigenvalue weighted by Crippen LogP contribution is 2.14. The van der Waals surface area contributed by atoms with Crippen molar-refractivity contribution in [3.05, 3.63) is 70.0 Å². The van der Waals surface area contributed by atoms with Crippen LogP contribution in [-0.2, 0) is 23.1 Å². The van der Waals surface area contributed by atoms with Crippen LogP contribution in [0.25, 0.3) is 6.08 Å². The van der Waals surface area contributed by atoms with E-state index in [9.17, 15) is 14.9 Å². The molecular formula is C22H28N4O4. The Morgan fingerprint density at radius 3 is 2.60 bits per heavy atom. The quantitative estimate of drug-likeness (QED) is 0.359. The lowest BCUT2D eigenvalue weighted by Gasteiger charge is -2.28. The molecule has 1 aliphatic rings. The average molecular weight is 412 g/mol. The molecule has 0 atom stereocenters. The molecule has 0 saturated carbocycles. The Morgan fingerprint density at radius 1 is 1.23 bits per heavy atom. The normalized spacial score (nSPS) is 14.8. The van der Waals surface area contributed by atoms with Crippen molar-refractivity contribution in [3.63, 3.8) is 0 Å². The third kappa shape index (κ3) is 6.27. The lowest BCUT2D eigenvalue weighted by atomic mass is 10.2. The van der Waals surface area contributed by atoms with E-state index in [1.54, 1.807) is 24.3 Å². The first-order chi connectivity index (χ1) is 14.5. The van der Waals surface area contributed by atoms with Crippen molar-refractivity contribution in [2.45, 2.75) is 13.0 Å². The van der Waals surface area contributed by atoms with Crippen LogP contribution in [0.1, 0.15) is 17.7 Å². The molecule has 8 heteroatoms. The van der Waals surface area contributed by atoms with E-state index in [1.165, 1.54) is 12.1 Å². The Labute approximate surface area is 176 Å². The predicted molar refractivity (Wildman–Crippen MR) is 115 cm³/mol. The molecule has 0 unspecified atom stereocenters. The first-order valence-electron chi connectivity index (χ1n) is 10.1. The van der Waals surface area contributed by atoms with Crippen molar-refractivity contribution in [2.24, 2.45) is 7.05 Å². The third-order valence-corrected chi connectivity index (χ3v) is 5.24. The summed E-state index contributed by atoms with van der Waals surface area (Å²) in [7, 11) is 1.97. The maximum absolute atomic E-state index is 12.9. The molecule has 3 rings (SSSR count). The van der Waals surface area contributed by atoms with Gasteiger partial charge in [0.25, 0.3) is 5.69 Å². The van der Waals surface area contributed by atoms with Gasteiger partial charge in [-0.2, -0.15) is 0 Å². The van der Waals surface area contributed by atoms with Gasteiger partial charge < -0.3 is 14.2 Å². The number of hydrogen-bond donors (Lipinski definition) is 0. The van der Waals surface area contributed by atoms with Crippen LogP contribution in [0, 0.1) is 10.1 Å². The molecule has 1 amide bonds. The van der Waals surface area contributed by atoms with E-state index < -0.39 is 4.92 Å². The largest absolute Gasteiger partial charge is 0.379 e. The number of hydrogen-bond acceptors (Lipinski definition) is 5. The van der Waals surface area contributed by atoms with Crippen LogP contribution in [0.2, 0.25) is 0 Å². The summed E-state index contributed by atoms with van der Waals surface area (Å²) in [5.41, 5.74) is 1.85. The van der Waals surface area contributed by atoms with E-state index in [0.29, 0.717) is 13.1 Å². The molecule has 1 saturated heterocycles. The zero-order valence-electron chi connectivity index (χ0n) is 17.3. The van der Waals surface area contributed by atoms with Crippen molar-refractivity contribution in [2.75, 3.05) is 39.4 Å². The van der Waals surface area contributed by atoms with Gasteiger partial charge in [-0.25, -0.2) is 0 Å². The summed E-state index contributed by atoms with van der Waals surface area (Å²) in [6, 6.07) is 10.1. The van der Waals surface area contributed by atoms with Gasteiger partial charge in [-0.05, 0) is 42.3 Å². The fraction of sp³-hybridized carbons (Fsp3) is 0.409.